The predicted octanol–water partition coefficient (Wildman–Crippen LogP) is 0.917. The average Bonchev–Trinajstić information content (AvgIpc) is 2.33. The molecule has 1 atom stereocenters. The van der Waals surface area contributed by atoms with E-state index in [1.54, 1.807) is 6.92 Å². The van der Waals surface area contributed by atoms with Gasteiger partial charge < -0.3 is 4.74 Å². The van der Waals surface area contributed by atoms with Crippen LogP contribution in [0.2, 0.25) is 0 Å². The van der Waals surface area contributed by atoms with E-state index in [0.29, 0.717) is 0 Å². The number of hydrazine groups is 1. The molecule has 0 saturated heterocycles. The molecule has 0 amide bonds. The first-order valence-electron chi connectivity index (χ1n) is 6.06. The number of hydrogen-bond donors (Lipinski definition) is 2. The number of rotatable bonds is 4. The monoisotopic (exact) mass is 171 g/mol. The molecule has 12 heavy (non-hydrogen) atoms. The Bertz CT molecular complexity index is 397. The zero-order valence-corrected chi connectivity index (χ0v) is 6.77. The van der Waals surface area contributed by atoms with Crippen molar-refractivity contribution in [1.29, 1.82) is 0 Å². The highest BCUT2D eigenvalue weighted by molar-refractivity contribution is 5.20. The Kier molecular flexibility index (Phi) is 1.68. The fourth-order valence-electron chi connectivity index (χ4n) is 0.567. The van der Waals surface area contributed by atoms with E-state index in [0.717, 1.165) is 0 Å². The van der Waals surface area contributed by atoms with Gasteiger partial charge in [0.1, 0.15) is 12.4 Å². The zero-order valence-electron chi connectivity index (χ0n) is 11.8. The van der Waals surface area contributed by atoms with Crippen molar-refractivity contribution in [3.8, 4) is 5.75 Å². The van der Waals surface area contributed by atoms with Gasteiger partial charge >= 0.3 is 0 Å². The van der Waals surface area contributed by atoms with Crippen molar-refractivity contribution in [3.05, 3.63) is 30.2 Å². The molecule has 0 aliphatic rings. The Morgan fingerprint density at radius 2 is 2.25 bits per heavy atom. The van der Waals surface area contributed by atoms with Crippen molar-refractivity contribution >= 4 is 0 Å². The second-order valence-corrected chi connectivity index (χ2v) is 2.33. The molecule has 0 spiro atoms. The summed E-state index contributed by atoms with van der Waals surface area (Å²) in [4.78, 5) is 0. The van der Waals surface area contributed by atoms with Gasteiger partial charge in [-0.3, -0.25) is 11.3 Å². The molecule has 1 rings (SSSR count). The van der Waals surface area contributed by atoms with Crippen molar-refractivity contribution in [3.63, 3.8) is 0 Å². The predicted molar refractivity (Wildman–Crippen MR) is 48.7 cm³/mol. The Hall–Kier alpha value is -1.06. The molecule has 0 aliphatic carbocycles. The van der Waals surface area contributed by atoms with Gasteiger partial charge in [0, 0.05) is 0 Å². The molecule has 1 aromatic carbocycles. The minimum atomic E-state index is -0.433. The number of para-hydroxylation sites is 1. The maximum atomic E-state index is 7.59. The first-order valence-corrected chi connectivity index (χ1v) is 3.56. The van der Waals surface area contributed by atoms with Gasteiger partial charge in [-0.1, -0.05) is 18.1 Å². The van der Waals surface area contributed by atoms with Crippen molar-refractivity contribution in [2.75, 3.05) is 6.61 Å². The standard InChI is InChI=1S/C9H14N2O/c1-8(11-10)7-12-9-5-3-2-4-6-9/h2-6,8,11H,7,10H2,1H3/i2D,3D,4D,5D,6D. The molecule has 0 saturated carbocycles. The van der Waals surface area contributed by atoms with E-state index in [2.05, 4.69) is 5.43 Å². The number of nitrogens with one attached hydrogen (secondary N) is 1. The lowest BCUT2D eigenvalue weighted by Gasteiger charge is -2.11. The van der Waals surface area contributed by atoms with Crippen LogP contribution in [0.1, 0.15) is 13.8 Å². The van der Waals surface area contributed by atoms with Gasteiger partial charge in [-0.25, -0.2) is 0 Å². The van der Waals surface area contributed by atoms with Crippen LogP contribution < -0.4 is 16.0 Å². The van der Waals surface area contributed by atoms with Crippen LogP contribution in [-0.2, 0) is 0 Å². The number of hydrogen-bond acceptors (Lipinski definition) is 3. The maximum absolute atomic E-state index is 7.59. The topological polar surface area (TPSA) is 47.3 Å². The number of nitrogens with two attached hydrogens (primary N) is 1. The van der Waals surface area contributed by atoms with Crippen LogP contribution in [0.4, 0.5) is 0 Å². The highest BCUT2D eigenvalue weighted by Crippen LogP contribution is 2.07. The van der Waals surface area contributed by atoms with Crippen molar-refractivity contribution in [1.82, 2.24) is 5.43 Å². The van der Waals surface area contributed by atoms with E-state index in [1.165, 1.54) is 0 Å². The Morgan fingerprint density at radius 3 is 2.83 bits per heavy atom. The summed E-state index contributed by atoms with van der Waals surface area (Å²) in [5, 5.41) is 0. The van der Waals surface area contributed by atoms with Crippen LogP contribution in [-0.4, -0.2) is 12.6 Å². The number of benzene rings is 1. The van der Waals surface area contributed by atoms with Crippen LogP contribution in [0.25, 0.3) is 0 Å². The van der Waals surface area contributed by atoms with Crippen LogP contribution in [0.5, 0.6) is 5.75 Å². The average molecular weight is 171 g/mol. The van der Waals surface area contributed by atoms with Gasteiger partial charge in [0.2, 0.25) is 0 Å². The first kappa shape index (κ1) is 4.25. The van der Waals surface area contributed by atoms with Crippen molar-refractivity contribution < 1.29 is 11.6 Å². The summed E-state index contributed by atoms with van der Waals surface area (Å²) >= 11 is 0. The second-order valence-electron chi connectivity index (χ2n) is 2.33. The summed E-state index contributed by atoms with van der Waals surface area (Å²) in [6, 6.07) is -2.13. The molecular weight excluding hydrogens is 152 g/mol. The van der Waals surface area contributed by atoms with Gasteiger partial charge in [-0.15, -0.1) is 0 Å². The van der Waals surface area contributed by atoms with Crippen LogP contribution in [0, 0.1) is 0 Å². The minimum absolute atomic E-state index is 0.116. The Labute approximate surface area is 79.5 Å². The molecule has 0 bridgehead atoms. The summed E-state index contributed by atoms with van der Waals surface area (Å²) < 4.78 is 42.7. The molecule has 0 fully saturated rings. The lowest BCUT2D eigenvalue weighted by Crippen LogP contribution is -2.36. The molecule has 0 aliphatic heterocycles. The van der Waals surface area contributed by atoms with E-state index in [-0.39, 0.29) is 30.5 Å². The molecule has 1 unspecified atom stereocenters. The quantitative estimate of drug-likeness (QED) is 0.523. The summed E-state index contributed by atoms with van der Waals surface area (Å²) in [6.45, 7) is 1.86. The smallest absolute Gasteiger partial charge is 0.119 e. The van der Waals surface area contributed by atoms with Crippen molar-refractivity contribution in [2.45, 2.75) is 13.0 Å². The fourth-order valence-corrected chi connectivity index (χ4v) is 0.567. The number of ether oxygens (including phenoxy) is 1. The third kappa shape index (κ3) is 2.90. The second kappa shape index (κ2) is 4.74. The third-order valence-corrected chi connectivity index (χ3v) is 1.24. The summed E-state index contributed by atoms with van der Waals surface area (Å²) in [5.74, 6) is 5.01. The highest BCUT2D eigenvalue weighted by Gasteiger charge is 1.98. The summed E-state index contributed by atoms with van der Waals surface area (Å²) in [7, 11) is 0. The summed E-state index contributed by atoms with van der Waals surface area (Å²) in [5.41, 5.74) is 2.44. The first-order chi connectivity index (χ1) is 7.90. The zero-order chi connectivity index (χ0) is 13.2. The normalized spacial score (nSPS) is 18.3. The molecule has 0 radical (unpaired) electrons. The summed E-state index contributed by atoms with van der Waals surface area (Å²) in [6.07, 6.45) is 0. The molecule has 0 aromatic heterocycles. The van der Waals surface area contributed by atoms with Crippen LogP contribution in [0.15, 0.2) is 30.2 Å². The molecular formula is C9H14N2O. The third-order valence-electron chi connectivity index (χ3n) is 1.24. The van der Waals surface area contributed by atoms with Gasteiger partial charge in [0.15, 0.2) is 0 Å². The minimum Gasteiger partial charge on any atom is -0.492 e. The lowest BCUT2D eigenvalue weighted by molar-refractivity contribution is 0.275. The van der Waals surface area contributed by atoms with Crippen molar-refractivity contribution in [2.24, 2.45) is 5.84 Å². The van der Waals surface area contributed by atoms with Gasteiger partial charge in [0.05, 0.1) is 12.9 Å². The molecule has 3 heteroatoms. The Balaban J connectivity index is 3.07. The SMILES string of the molecule is [2H]c1c([2H])c([2H])c(OCC(C)NN)c([2H])c1[2H]. The molecule has 3 nitrogen and oxygen atoms in total. The van der Waals surface area contributed by atoms with Gasteiger partial charge in [0.25, 0.3) is 0 Å². The van der Waals surface area contributed by atoms with Gasteiger partial charge in [-0.05, 0) is 19.0 Å². The molecule has 0 heterocycles. The van der Waals surface area contributed by atoms with E-state index in [1.807, 2.05) is 0 Å². The fraction of sp³-hybridized carbons (Fsp3) is 0.333. The molecule has 66 valence electrons. The van der Waals surface area contributed by atoms with Crippen LogP contribution in [0.3, 0.4) is 0 Å². The molecule has 3 N–H and O–H groups in total. The maximum Gasteiger partial charge on any atom is 0.119 e. The largest absolute Gasteiger partial charge is 0.492 e. The van der Waals surface area contributed by atoms with E-state index >= 15 is 0 Å². The van der Waals surface area contributed by atoms with E-state index in [4.69, 9.17) is 17.4 Å². The van der Waals surface area contributed by atoms with E-state index in [9.17, 15) is 0 Å². The highest BCUT2D eigenvalue weighted by atomic mass is 16.5. The van der Waals surface area contributed by atoms with Crippen LogP contribution >= 0.6 is 0 Å². The lowest BCUT2D eigenvalue weighted by atomic mass is 10.3. The van der Waals surface area contributed by atoms with E-state index < -0.39 is 18.1 Å². The Morgan fingerprint density at radius 1 is 1.58 bits per heavy atom. The van der Waals surface area contributed by atoms with Gasteiger partial charge in [-0.2, -0.15) is 0 Å². The molecule has 1 aromatic rings.